The predicted molar refractivity (Wildman–Crippen MR) is 49.3 cm³/mol. The van der Waals surface area contributed by atoms with E-state index in [1.807, 2.05) is 12.1 Å². The number of nitriles is 1. The van der Waals surface area contributed by atoms with Crippen LogP contribution in [0.4, 0.5) is 0 Å². The zero-order valence-corrected chi connectivity index (χ0v) is 6.74. The molecule has 62 valence electrons. The van der Waals surface area contributed by atoms with Crippen LogP contribution in [0.15, 0.2) is 35.3 Å². The Labute approximate surface area is 74.3 Å². The van der Waals surface area contributed by atoms with Crippen LogP contribution in [0.25, 0.3) is 10.8 Å². The lowest BCUT2D eigenvalue weighted by molar-refractivity contribution is 1.27. The maximum Gasteiger partial charge on any atom is 0.257 e. The van der Waals surface area contributed by atoms with E-state index in [0.29, 0.717) is 10.9 Å². The summed E-state index contributed by atoms with van der Waals surface area (Å²) in [6, 6.07) is 8.98. The summed E-state index contributed by atoms with van der Waals surface area (Å²) < 4.78 is 0. The zero-order chi connectivity index (χ0) is 9.26. The highest BCUT2D eigenvalue weighted by atomic mass is 16.1. The number of aromatic nitrogens is 1. The second-order valence-corrected chi connectivity index (χ2v) is 2.69. The minimum Gasteiger partial charge on any atom is -0.329 e. The molecule has 0 bridgehead atoms. The third kappa shape index (κ3) is 1.09. The lowest BCUT2D eigenvalue weighted by atomic mass is 10.1. The first-order valence-corrected chi connectivity index (χ1v) is 3.83. The summed E-state index contributed by atoms with van der Waals surface area (Å²) in [7, 11) is 0. The molecule has 0 aliphatic rings. The van der Waals surface area contributed by atoms with E-state index in [1.165, 1.54) is 0 Å². The molecule has 0 atom stereocenters. The number of fused-ring (bicyclic) bond motifs is 1. The van der Waals surface area contributed by atoms with Crippen molar-refractivity contribution in [2.75, 3.05) is 0 Å². The van der Waals surface area contributed by atoms with Gasteiger partial charge in [-0.05, 0) is 17.5 Å². The van der Waals surface area contributed by atoms with Crippen molar-refractivity contribution in [1.82, 2.24) is 4.98 Å². The third-order valence-corrected chi connectivity index (χ3v) is 1.92. The molecule has 1 aromatic heterocycles. The molecule has 0 aliphatic carbocycles. The van der Waals surface area contributed by atoms with Crippen LogP contribution in [-0.2, 0) is 0 Å². The van der Waals surface area contributed by atoms with Gasteiger partial charge in [0.25, 0.3) is 5.56 Å². The van der Waals surface area contributed by atoms with Crippen LogP contribution >= 0.6 is 0 Å². The molecular formula is C10H6N2O. The summed E-state index contributed by atoms with van der Waals surface area (Å²) in [5, 5.41) is 10.0. The van der Waals surface area contributed by atoms with Gasteiger partial charge in [0, 0.05) is 6.20 Å². The Morgan fingerprint density at radius 1 is 1.31 bits per heavy atom. The Balaban J connectivity index is 3.06. The number of H-pyrrole nitrogens is 1. The predicted octanol–water partition coefficient (Wildman–Crippen LogP) is 1.40. The molecule has 1 heterocycles. The second kappa shape index (κ2) is 2.76. The van der Waals surface area contributed by atoms with Crippen molar-refractivity contribution in [3.05, 3.63) is 46.4 Å². The number of hydrogen-bond acceptors (Lipinski definition) is 2. The summed E-state index contributed by atoms with van der Waals surface area (Å²) in [6.45, 7) is 0. The largest absolute Gasteiger partial charge is 0.329 e. The molecule has 0 fully saturated rings. The average Bonchev–Trinajstić information content (AvgIpc) is 2.17. The van der Waals surface area contributed by atoms with Crippen molar-refractivity contribution < 1.29 is 0 Å². The van der Waals surface area contributed by atoms with E-state index in [9.17, 15) is 4.79 Å². The minimum absolute atomic E-state index is 0.213. The van der Waals surface area contributed by atoms with Crippen LogP contribution in [-0.4, -0.2) is 4.98 Å². The SMILES string of the molecule is N#Cc1cccc2cc[nH]c(=O)c12. The number of nitrogens with one attached hydrogen (secondary N) is 1. The van der Waals surface area contributed by atoms with E-state index < -0.39 is 0 Å². The molecule has 2 rings (SSSR count). The first kappa shape index (κ1) is 7.56. The standard InChI is InChI=1S/C10H6N2O/c11-6-8-3-1-2-7-4-5-12-10(13)9(7)8/h1-5H,(H,12,13). The van der Waals surface area contributed by atoms with Gasteiger partial charge in [0.15, 0.2) is 0 Å². The molecule has 3 heteroatoms. The fourth-order valence-electron chi connectivity index (χ4n) is 1.33. The Morgan fingerprint density at radius 2 is 2.15 bits per heavy atom. The number of aromatic amines is 1. The lowest BCUT2D eigenvalue weighted by Crippen LogP contribution is -2.05. The van der Waals surface area contributed by atoms with E-state index >= 15 is 0 Å². The smallest absolute Gasteiger partial charge is 0.257 e. The van der Waals surface area contributed by atoms with Gasteiger partial charge in [0.2, 0.25) is 0 Å². The highest BCUT2D eigenvalue weighted by Crippen LogP contribution is 2.12. The normalized spacial score (nSPS) is 9.77. The summed E-state index contributed by atoms with van der Waals surface area (Å²) in [4.78, 5) is 13.9. The molecule has 0 amide bonds. The fraction of sp³-hybridized carbons (Fsp3) is 0. The first-order chi connectivity index (χ1) is 6.33. The fourth-order valence-corrected chi connectivity index (χ4v) is 1.33. The Bertz CT molecular complexity index is 543. The summed E-state index contributed by atoms with van der Waals surface area (Å²) in [5.74, 6) is 0. The maximum absolute atomic E-state index is 11.4. The minimum atomic E-state index is -0.213. The molecule has 0 spiro atoms. The van der Waals surface area contributed by atoms with E-state index in [0.717, 1.165) is 5.39 Å². The van der Waals surface area contributed by atoms with Gasteiger partial charge >= 0.3 is 0 Å². The number of rotatable bonds is 0. The third-order valence-electron chi connectivity index (χ3n) is 1.92. The quantitative estimate of drug-likeness (QED) is 0.649. The number of nitrogens with zero attached hydrogens (tertiary/aromatic N) is 1. The topological polar surface area (TPSA) is 56.6 Å². The second-order valence-electron chi connectivity index (χ2n) is 2.69. The van der Waals surface area contributed by atoms with Crippen LogP contribution in [0, 0.1) is 11.3 Å². The molecule has 0 saturated heterocycles. The Kier molecular flexibility index (Phi) is 1.60. The van der Waals surface area contributed by atoms with Gasteiger partial charge in [-0.25, -0.2) is 0 Å². The van der Waals surface area contributed by atoms with Crippen LogP contribution < -0.4 is 5.56 Å². The molecule has 0 saturated carbocycles. The summed E-state index contributed by atoms with van der Waals surface area (Å²) >= 11 is 0. The lowest BCUT2D eigenvalue weighted by Gasteiger charge is -1.96. The molecule has 1 aromatic carbocycles. The summed E-state index contributed by atoms with van der Waals surface area (Å²) in [5.41, 5.74) is 0.203. The van der Waals surface area contributed by atoms with Crippen LogP contribution in [0.2, 0.25) is 0 Å². The zero-order valence-electron chi connectivity index (χ0n) is 6.74. The molecule has 0 radical (unpaired) electrons. The van der Waals surface area contributed by atoms with Crippen molar-refractivity contribution in [3.8, 4) is 6.07 Å². The van der Waals surface area contributed by atoms with Gasteiger partial charge in [-0.2, -0.15) is 5.26 Å². The van der Waals surface area contributed by atoms with E-state index in [2.05, 4.69) is 4.98 Å². The van der Waals surface area contributed by atoms with Crippen LogP contribution in [0.3, 0.4) is 0 Å². The molecule has 2 aromatic rings. The van der Waals surface area contributed by atoms with Gasteiger partial charge in [-0.1, -0.05) is 12.1 Å². The van der Waals surface area contributed by atoms with Crippen molar-refractivity contribution >= 4 is 10.8 Å². The maximum atomic E-state index is 11.4. The molecule has 0 unspecified atom stereocenters. The monoisotopic (exact) mass is 170 g/mol. The number of pyridine rings is 1. The van der Waals surface area contributed by atoms with Crippen molar-refractivity contribution in [2.45, 2.75) is 0 Å². The van der Waals surface area contributed by atoms with Crippen molar-refractivity contribution in [3.63, 3.8) is 0 Å². The average molecular weight is 170 g/mol. The van der Waals surface area contributed by atoms with Gasteiger partial charge in [0.05, 0.1) is 17.0 Å². The molecule has 13 heavy (non-hydrogen) atoms. The molecule has 0 aliphatic heterocycles. The Morgan fingerprint density at radius 3 is 2.92 bits per heavy atom. The van der Waals surface area contributed by atoms with Gasteiger partial charge < -0.3 is 4.98 Å². The highest BCUT2D eigenvalue weighted by molar-refractivity contribution is 5.86. The highest BCUT2D eigenvalue weighted by Gasteiger charge is 2.02. The van der Waals surface area contributed by atoms with Gasteiger partial charge in [-0.3, -0.25) is 4.79 Å². The molecule has 1 N–H and O–H groups in total. The number of hydrogen-bond donors (Lipinski definition) is 1. The first-order valence-electron chi connectivity index (χ1n) is 3.83. The molecule has 3 nitrogen and oxygen atoms in total. The van der Waals surface area contributed by atoms with E-state index in [4.69, 9.17) is 5.26 Å². The van der Waals surface area contributed by atoms with E-state index in [-0.39, 0.29) is 5.56 Å². The Hall–Kier alpha value is -2.08. The van der Waals surface area contributed by atoms with Gasteiger partial charge in [0.1, 0.15) is 0 Å². The summed E-state index contributed by atoms with van der Waals surface area (Å²) in [6.07, 6.45) is 1.58. The van der Waals surface area contributed by atoms with Crippen molar-refractivity contribution in [1.29, 1.82) is 5.26 Å². The van der Waals surface area contributed by atoms with Crippen LogP contribution in [0.5, 0.6) is 0 Å². The van der Waals surface area contributed by atoms with Crippen molar-refractivity contribution in [2.24, 2.45) is 0 Å². The molecular weight excluding hydrogens is 164 g/mol. The van der Waals surface area contributed by atoms with Crippen LogP contribution in [0.1, 0.15) is 5.56 Å². The van der Waals surface area contributed by atoms with Gasteiger partial charge in [-0.15, -0.1) is 0 Å². The number of benzene rings is 1. The van der Waals surface area contributed by atoms with E-state index in [1.54, 1.807) is 24.4 Å².